The lowest BCUT2D eigenvalue weighted by molar-refractivity contribution is -0.139. The highest BCUT2D eigenvalue weighted by Gasteiger charge is 2.22. The Morgan fingerprint density at radius 3 is 2.23 bits per heavy atom. The molecule has 4 N–H and O–H groups in total. The fourth-order valence-electron chi connectivity index (χ4n) is 1.70. The molecule has 0 aromatic heterocycles. The topological polar surface area (TPSA) is 160 Å². The standard InChI is InChI=1S/C14H27N3O8S/c1-5-24-12(20)16-10(11(18)19)8-6-7-9-15-26(22,23)17-13(21)25-14(2,3)4/h10,15H,5-9H2,1-4H3,(H,16,20)(H,17,21)(H,18,19). The number of carboxylic acids is 1. The largest absolute Gasteiger partial charge is 0.480 e. The van der Waals surface area contributed by atoms with Crippen molar-refractivity contribution in [2.45, 2.75) is 58.6 Å². The summed E-state index contributed by atoms with van der Waals surface area (Å²) in [6, 6.07) is -1.13. The van der Waals surface area contributed by atoms with Gasteiger partial charge in [-0.1, -0.05) is 0 Å². The number of alkyl carbamates (subject to hydrolysis) is 1. The summed E-state index contributed by atoms with van der Waals surface area (Å²) in [6.07, 6.45) is -1.23. The Morgan fingerprint density at radius 1 is 1.12 bits per heavy atom. The van der Waals surface area contributed by atoms with Gasteiger partial charge in [0.05, 0.1) is 6.61 Å². The van der Waals surface area contributed by atoms with Crippen molar-refractivity contribution in [3.8, 4) is 0 Å². The van der Waals surface area contributed by atoms with Crippen molar-refractivity contribution < 1.29 is 37.4 Å². The summed E-state index contributed by atoms with van der Waals surface area (Å²) in [5.74, 6) is -1.22. The lowest BCUT2D eigenvalue weighted by Crippen LogP contribution is -2.43. The maximum Gasteiger partial charge on any atom is 0.422 e. The molecule has 0 aromatic carbocycles. The van der Waals surface area contributed by atoms with E-state index in [9.17, 15) is 22.8 Å². The van der Waals surface area contributed by atoms with E-state index in [4.69, 9.17) is 9.84 Å². The highest BCUT2D eigenvalue weighted by atomic mass is 32.2. The highest BCUT2D eigenvalue weighted by molar-refractivity contribution is 7.88. The molecule has 0 aliphatic rings. The van der Waals surface area contributed by atoms with E-state index in [0.717, 1.165) is 0 Å². The minimum atomic E-state index is -4.08. The predicted octanol–water partition coefficient (Wildman–Crippen LogP) is 0.715. The molecule has 152 valence electrons. The van der Waals surface area contributed by atoms with Crippen LogP contribution >= 0.6 is 0 Å². The van der Waals surface area contributed by atoms with Gasteiger partial charge in [-0.2, -0.15) is 13.1 Å². The van der Waals surface area contributed by atoms with Crippen LogP contribution < -0.4 is 14.8 Å². The van der Waals surface area contributed by atoms with Gasteiger partial charge in [-0.05, 0) is 47.0 Å². The molecule has 0 rings (SSSR count). The quantitative estimate of drug-likeness (QED) is 0.392. The Labute approximate surface area is 153 Å². The molecule has 26 heavy (non-hydrogen) atoms. The van der Waals surface area contributed by atoms with Crippen molar-refractivity contribution in [3.63, 3.8) is 0 Å². The van der Waals surface area contributed by atoms with E-state index in [0.29, 0.717) is 12.8 Å². The summed E-state index contributed by atoms with van der Waals surface area (Å²) in [7, 11) is -4.08. The summed E-state index contributed by atoms with van der Waals surface area (Å²) in [5, 5.41) is 11.2. The molecule has 1 unspecified atom stereocenters. The molecule has 0 saturated carbocycles. The number of carbonyl (C=O) groups is 3. The molecule has 0 heterocycles. The van der Waals surface area contributed by atoms with Gasteiger partial charge >= 0.3 is 28.4 Å². The molecule has 0 spiro atoms. The van der Waals surface area contributed by atoms with Crippen molar-refractivity contribution in [3.05, 3.63) is 0 Å². The number of nitrogens with one attached hydrogen (secondary N) is 3. The Balaban J connectivity index is 4.21. The number of carboxylic acid groups (broad SMARTS) is 1. The number of hydrogen-bond donors (Lipinski definition) is 4. The number of aliphatic carboxylic acids is 1. The third-order valence-electron chi connectivity index (χ3n) is 2.69. The second-order valence-corrected chi connectivity index (χ2v) is 7.75. The molecule has 0 bridgehead atoms. The van der Waals surface area contributed by atoms with E-state index in [-0.39, 0.29) is 19.6 Å². The molecule has 0 saturated heterocycles. The summed E-state index contributed by atoms with van der Waals surface area (Å²) < 4.78 is 36.6. The molecule has 12 heteroatoms. The van der Waals surface area contributed by atoms with Crippen LogP contribution in [0.25, 0.3) is 0 Å². The molecule has 2 amide bonds. The van der Waals surface area contributed by atoms with Gasteiger partial charge in [0, 0.05) is 6.54 Å². The van der Waals surface area contributed by atoms with Crippen LogP contribution in [-0.2, 0) is 24.5 Å². The number of amides is 2. The molecular formula is C14H27N3O8S. The average Bonchev–Trinajstić information content (AvgIpc) is 2.42. The zero-order valence-electron chi connectivity index (χ0n) is 15.3. The summed E-state index contributed by atoms with van der Waals surface area (Å²) in [6.45, 7) is 6.46. The number of ether oxygens (including phenoxy) is 2. The number of unbranched alkanes of at least 4 members (excludes halogenated alkanes) is 1. The van der Waals surface area contributed by atoms with Gasteiger partial charge in [-0.3, -0.25) is 0 Å². The second-order valence-electron chi connectivity index (χ2n) is 6.25. The van der Waals surface area contributed by atoms with Crippen LogP contribution in [0.5, 0.6) is 0 Å². The first-order valence-corrected chi connectivity index (χ1v) is 9.51. The van der Waals surface area contributed by atoms with Gasteiger partial charge < -0.3 is 19.9 Å². The third kappa shape index (κ3) is 12.3. The summed E-state index contributed by atoms with van der Waals surface area (Å²) >= 11 is 0. The van der Waals surface area contributed by atoms with Crippen LogP contribution in [0.1, 0.15) is 47.0 Å². The summed E-state index contributed by atoms with van der Waals surface area (Å²) in [4.78, 5) is 33.7. The molecule has 11 nitrogen and oxygen atoms in total. The first-order valence-electron chi connectivity index (χ1n) is 8.02. The maximum absolute atomic E-state index is 11.7. The lowest BCUT2D eigenvalue weighted by atomic mass is 10.1. The van der Waals surface area contributed by atoms with Gasteiger partial charge in [0.2, 0.25) is 0 Å². The van der Waals surface area contributed by atoms with Crippen LogP contribution in [0.15, 0.2) is 0 Å². The van der Waals surface area contributed by atoms with Gasteiger partial charge in [-0.25, -0.2) is 19.1 Å². The molecule has 0 radical (unpaired) electrons. The minimum absolute atomic E-state index is 0.0239. The number of rotatable bonds is 10. The van der Waals surface area contributed by atoms with Gasteiger partial charge in [-0.15, -0.1) is 0 Å². The van der Waals surface area contributed by atoms with E-state index in [1.165, 1.54) is 0 Å². The maximum atomic E-state index is 11.7. The number of hydrogen-bond acceptors (Lipinski definition) is 7. The fraction of sp³-hybridized carbons (Fsp3) is 0.786. The second kappa shape index (κ2) is 10.8. The first-order chi connectivity index (χ1) is 11.9. The molecule has 0 fully saturated rings. The molecule has 0 aliphatic heterocycles. The third-order valence-corrected chi connectivity index (χ3v) is 3.71. The fourth-order valence-corrected chi connectivity index (χ4v) is 2.44. The van der Waals surface area contributed by atoms with Crippen molar-refractivity contribution in [2.75, 3.05) is 13.2 Å². The SMILES string of the molecule is CCOC(=O)NC(CCCCNS(=O)(=O)NC(=O)OC(C)(C)C)C(=O)O. The van der Waals surface area contributed by atoms with Crippen LogP contribution in [-0.4, -0.2) is 56.5 Å². The lowest BCUT2D eigenvalue weighted by Gasteiger charge is -2.19. The number of carbonyl (C=O) groups excluding carboxylic acids is 2. The van der Waals surface area contributed by atoms with Crippen LogP contribution in [0, 0.1) is 0 Å². The van der Waals surface area contributed by atoms with Crippen molar-refractivity contribution in [1.82, 2.24) is 14.8 Å². The molecule has 0 aliphatic carbocycles. The Bertz CT molecular complexity index is 585. The minimum Gasteiger partial charge on any atom is -0.480 e. The predicted molar refractivity (Wildman–Crippen MR) is 91.7 cm³/mol. The van der Waals surface area contributed by atoms with Gasteiger partial charge in [0.25, 0.3) is 0 Å². The van der Waals surface area contributed by atoms with Gasteiger partial charge in [0.1, 0.15) is 11.6 Å². The van der Waals surface area contributed by atoms with Crippen LogP contribution in [0.2, 0.25) is 0 Å². The molecular weight excluding hydrogens is 370 g/mol. The Morgan fingerprint density at radius 2 is 1.73 bits per heavy atom. The van der Waals surface area contributed by atoms with Crippen LogP contribution in [0.4, 0.5) is 9.59 Å². The highest BCUT2D eigenvalue weighted by Crippen LogP contribution is 2.06. The van der Waals surface area contributed by atoms with E-state index >= 15 is 0 Å². The Hall–Kier alpha value is -2.08. The Kier molecular flexibility index (Phi) is 9.94. The monoisotopic (exact) mass is 397 g/mol. The zero-order valence-corrected chi connectivity index (χ0v) is 16.1. The van der Waals surface area contributed by atoms with Crippen molar-refractivity contribution >= 4 is 28.4 Å². The van der Waals surface area contributed by atoms with E-state index in [1.807, 2.05) is 0 Å². The summed E-state index contributed by atoms with van der Waals surface area (Å²) in [5.41, 5.74) is -0.836. The van der Waals surface area contributed by atoms with Crippen molar-refractivity contribution in [2.24, 2.45) is 0 Å². The molecule has 0 aromatic rings. The zero-order chi connectivity index (χ0) is 20.4. The first kappa shape index (κ1) is 23.9. The van der Waals surface area contributed by atoms with Crippen LogP contribution in [0.3, 0.4) is 0 Å². The normalized spacial score (nSPS) is 12.8. The van der Waals surface area contributed by atoms with E-state index in [2.05, 4.69) is 14.8 Å². The average molecular weight is 397 g/mol. The molecule has 1 atom stereocenters. The van der Waals surface area contributed by atoms with Crippen molar-refractivity contribution in [1.29, 1.82) is 0 Å². The van der Waals surface area contributed by atoms with E-state index < -0.39 is 40.0 Å². The smallest absolute Gasteiger partial charge is 0.422 e. The van der Waals surface area contributed by atoms with Gasteiger partial charge in [0.15, 0.2) is 0 Å². The van der Waals surface area contributed by atoms with E-state index in [1.54, 1.807) is 32.4 Å².